The summed E-state index contributed by atoms with van der Waals surface area (Å²) in [7, 11) is 0. The number of nitrogens with zero attached hydrogens (tertiary/aromatic N) is 1. The lowest BCUT2D eigenvalue weighted by Gasteiger charge is -2.08. The van der Waals surface area contributed by atoms with Crippen molar-refractivity contribution in [3.8, 4) is 0 Å². The molecular weight excluding hydrogens is 357 g/mol. The van der Waals surface area contributed by atoms with E-state index in [1.807, 2.05) is 24.3 Å². The average Bonchev–Trinajstić information content (AvgIpc) is 2.33. The third kappa shape index (κ3) is 3.30. The second kappa shape index (κ2) is 6.12. The van der Waals surface area contributed by atoms with Gasteiger partial charge in [-0.25, -0.2) is 10.8 Å². The Balaban J connectivity index is 2.34. The third-order valence-electron chi connectivity index (χ3n) is 2.04. The summed E-state index contributed by atoms with van der Waals surface area (Å²) in [6, 6.07) is 9.46. The largest absolute Gasteiger partial charge is 0.307 e. The number of nitrogens with one attached hydrogen (secondary N) is 1. The van der Waals surface area contributed by atoms with E-state index < -0.39 is 0 Å². The number of halogens is 3. The first kappa shape index (κ1) is 14.0. The van der Waals surface area contributed by atoms with Crippen molar-refractivity contribution in [1.82, 2.24) is 4.98 Å². The number of hydrazine groups is 1. The van der Waals surface area contributed by atoms with Crippen LogP contribution in [0, 0.1) is 0 Å². The van der Waals surface area contributed by atoms with Crippen LogP contribution >= 0.6 is 50.9 Å². The molecule has 2 aromatic rings. The van der Waals surface area contributed by atoms with Gasteiger partial charge in [-0.05, 0) is 24.3 Å². The second-order valence-electron chi connectivity index (χ2n) is 3.31. The quantitative estimate of drug-likeness (QED) is 0.617. The maximum Gasteiger partial charge on any atom is 0.160 e. The van der Waals surface area contributed by atoms with E-state index in [4.69, 9.17) is 29.0 Å². The van der Waals surface area contributed by atoms with Crippen LogP contribution in [-0.2, 0) is 0 Å². The molecule has 0 aliphatic rings. The second-order valence-corrected chi connectivity index (χ2v) is 6.10. The molecule has 0 aliphatic heterocycles. The Bertz CT molecular complexity index is 580. The number of nitrogens with two attached hydrogens (primary N) is 1. The first-order valence-corrected chi connectivity index (χ1v) is 7.23. The van der Waals surface area contributed by atoms with Gasteiger partial charge in [-0.2, -0.15) is 0 Å². The summed E-state index contributed by atoms with van der Waals surface area (Å²) in [5.74, 6) is 5.73. The number of nitrogen functional groups attached to an aromatic ring is 1. The monoisotopic (exact) mass is 363 g/mol. The van der Waals surface area contributed by atoms with E-state index in [2.05, 4.69) is 26.3 Å². The van der Waals surface area contributed by atoms with Crippen LogP contribution in [0.3, 0.4) is 0 Å². The van der Waals surface area contributed by atoms with E-state index >= 15 is 0 Å². The molecule has 0 aliphatic carbocycles. The van der Waals surface area contributed by atoms with Gasteiger partial charge in [-0.15, -0.1) is 0 Å². The average molecular weight is 365 g/mol. The van der Waals surface area contributed by atoms with E-state index in [1.54, 1.807) is 6.07 Å². The molecule has 0 atom stereocenters. The van der Waals surface area contributed by atoms with E-state index in [-0.39, 0.29) is 0 Å². The smallest absolute Gasteiger partial charge is 0.160 e. The predicted molar refractivity (Wildman–Crippen MR) is 80.3 cm³/mol. The summed E-state index contributed by atoms with van der Waals surface area (Å²) >= 11 is 16.9. The maximum atomic E-state index is 6.10. The summed E-state index contributed by atoms with van der Waals surface area (Å²) in [6.07, 6.45) is 0. The van der Waals surface area contributed by atoms with Gasteiger partial charge in [0.1, 0.15) is 5.03 Å². The fourth-order valence-corrected chi connectivity index (χ4v) is 3.19. The van der Waals surface area contributed by atoms with Crippen molar-refractivity contribution in [2.75, 3.05) is 5.43 Å². The fourth-order valence-electron chi connectivity index (χ4n) is 1.26. The highest BCUT2D eigenvalue weighted by Crippen LogP contribution is 2.36. The molecule has 7 heteroatoms. The number of hydrogen-bond donors (Lipinski definition) is 2. The van der Waals surface area contributed by atoms with E-state index in [9.17, 15) is 0 Å². The molecule has 0 spiro atoms. The lowest BCUT2D eigenvalue weighted by Crippen LogP contribution is -2.09. The van der Waals surface area contributed by atoms with Crippen LogP contribution in [-0.4, -0.2) is 4.98 Å². The zero-order valence-electron chi connectivity index (χ0n) is 8.95. The van der Waals surface area contributed by atoms with Gasteiger partial charge in [-0.1, -0.05) is 57.0 Å². The molecule has 0 saturated carbocycles. The van der Waals surface area contributed by atoms with Crippen LogP contribution in [0.2, 0.25) is 10.0 Å². The minimum atomic E-state index is 0.390. The zero-order valence-corrected chi connectivity index (χ0v) is 12.9. The van der Waals surface area contributed by atoms with E-state index in [0.29, 0.717) is 20.9 Å². The van der Waals surface area contributed by atoms with Gasteiger partial charge in [0.25, 0.3) is 0 Å². The van der Waals surface area contributed by atoms with Crippen LogP contribution in [0.5, 0.6) is 0 Å². The predicted octanol–water partition coefficient (Wildman–Crippen LogP) is 4.59. The van der Waals surface area contributed by atoms with Crippen molar-refractivity contribution < 1.29 is 0 Å². The molecule has 1 heterocycles. The molecule has 94 valence electrons. The number of aromatic nitrogens is 1. The van der Waals surface area contributed by atoms with Crippen LogP contribution in [0.1, 0.15) is 0 Å². The Kier molecular flexibility index (Phi) is 4.75. The molecule has 18 heavy (non-hydrogen) atoms. The van der Waals surface area contributed by atoms with Crippen LogP contribution in [0.15, 0.2) is 44.7 Å². The third-order valence-corrected chi connectivity index (χ3v) is 4.22. The highest BCUT2D eigenvalue weighted by atomic mass is 79.9. The summed E-state index contributed by atoms with van der Waals surface area (Å²) in [6.45, 7) is 0. The Morgan fingerprint density at radius 3 is 2.67 bits per heavy atom. The Morgan fingerprint density at radius 1 is 1.22 bits per heavy atom. The Morgan fingerprint density at radius 2 is 2.00 bits per heavy atom. The van der Waals surface area contributed by atoms with Gasteiger partial charge >= 0.3 is 0 Å². The van der Waals surface area contributed by atoms with Gasteiger partial charge in [0.05, 0.1) is 10.0 Å². The van der Waals surface area contributed by atoms with Crippen LogP contribution in [0.4, 0.5) is 5.82 Å². The zero-order chi connectivity index (χ0) is 13.1. The topological polar surface area (TPSA) is 50.9 Å². The van der Waals surface area contributed by atoms with Crippen molar-refractivity contribution in [3.05, 3.63) is 44.8 Å². The normalized spacial score (nSPS) is 10.4. The van der Waals surface area contributed by atoms with Crippen molar-refractivity contribution >= 4 is 56.7 Å². The molecule has 1 aromatic heterocycles. The summed E-state index contributed by atoms with van der Waals surface area (Å²) < 4.78 is 0.995. The van der Waals surface area contributed by atoms with Crippen molar-refractivity contribution in [3.63, 3.8) is 0 Å². The van der Waals surface area contributed by atoms with Crippen molar-refractivity contribution in [1.29, 1.82) is 0 Å². The molecule has 0 fully saturated rings. The fraction of sp³-hybridized carbons (Fsp3) is 0. The van der Waals surface area contributed by atoms with Crippen molar-refractivity contribution in [2.24, 2.45) is 5.84 Å². The lowest BCUT2D eigenvalue weighted by molar-refractivity contribution is 1.11. The van der Waals surface area contributed by atoms with E-state index in [1.165, 1.54) is 11.8 Å². The molecule has 0 unspecified atom stereocenters. The minimum absolute atomic E-state index is 0.390. The molecule has 3 nitrogen and oxygen atoms in total. The highest BCUT2D eigenvalue weighted by molar-refractivity contribution is 9.10. The number of rotatable bonds is 3. The highest BCUT2D eigenvalue weighted by Gasteiger charge is 2.10. The van der Waals surface area contributed by atoms with Crippen LogP contribution < -0.4 is 11.3 Å². The molecule has 2 rings (SSSR count). The number of pyridine rings is 1. The van der Waals surface area contributed by atoms with Gasteiger partial charge in [0.2, 0.25) is 0 Å². The molecule has 0 radical (unpaired) electrons. The van der Waals surface area contributed by atoms with Gasteiger partial charge in [0.15, 0.2) is 5.82 Å². The SMILES string of the molecule is NNc1nc(Sc2cccc(Br)c2)c(Cl)cc1Cl. The molecule has 3 N–H and O–H groups in total. The van der Waals surface area contributed by atoms with Gasteiger partial charge in [0, 0.05) is 9.37 Å². The number of anilines is 1. The Labute approximate surface area is 127 Å². The number of benzene rings is 1. The summed E-state index contributed by atoms with van der Waals surface area (Å²) in [4.78, 5) is 5.28. The Hall–Kier alpha value is -0.460. The summed E-state index contributed by atoms with van der Waals surface area (Å²) in [5.41, 5.74) is 2.44. The first-order chi connectivity index (χ1) is 8.60. The van der Waals surface area contributed by atoms with Crippen LogP contribution in [0.25, 0.3) is 0 Å². The molecule has 1 aromatic carbocycles. The first-order valence-electron chi connectivity index (χ1n) is 4.86. The van der Waals surface area contributed by atoms with Gasteiger partial charge in [-0.3, -0.25) is 0 Å². The molecule has 0 bridgehead atoms. The lowest BCUT2D eigenvalue weighted by atomic mass is 10.4. The molecule has 0 saturated heterocycles. The standard InChI is InChI=1S/C11H8BrCl2N3S/c12-6-2-1-3-7(4-6)18-11-9(14)5-8(13)10(16-11)17-15/h1-5H,15H2,(H,16,17). The van der Waals surface area contributed by atoms with Crippen molar-refractivity contribution in [2.45, 2.75) is 9.92 Å². The van der Waals surface area contributed by atoms with E-state index in [0.717, 1.165) is 9.37 Å². The maximum absolute atomic E-state index is 6.10. The summed E-state index contributed by atoms with van der Waals surface area (Å²) in [5, 5.41) is 1.53. The number of hydrogen-bond acceptors (Lipinski definition) is 4. The minimum Gasteiger partial charge on any atom is -0.307 e. The molecule has 0 amide bonds. The van der Waals surface area contributed by atoms with Gasteiger partial charge < -0.3 is 5.43 Å². The molecular formula is C11H8BrCl2N3S.